The van der Waals surface area contributed by atoms with Crippen molar-refractivity contribution in [2.24, 2.45) is 5.92 Å². The van der Waals surface area contributed by atoms with Crippen LogP contribution in [0.15, 0.2) is 48.5 Å². The summed E-state index contributed by atoms with van der Waals surface area (Å²) >= 11 is 0. The fourth-order valence-electron chi connectivity index (χ4n) is 2.56. The van der Waals surface area contributed by atoms with Crippen molar-refractivity contribution in [1.82, 2.24) is 0 Å². The Morgan fingerprint density at radius 3 is 2.32 bits per heavy atom. The van der Waals surface area contributed by atoms with Gasteiger partial charge in [-0.25, -0.2) is 0 Å². The highest BCUT2D eigenvalue weighted by Gasteiger charge is 2.25. The molecule has 0 spiro atoms. The van der Waals surface area contributed by atoms with Crippen LogP contribution in [0.25, 0.3) is 11.1 Å². The van der Waals surface area contributed by atoms with Crippen molar-refractivity contribution in [2.75, 3.05) is 6.16 Å². The number of para-hydroxylation sites is 1. The van der Waals surface area contributed by atoms with Crippen LogP contribution >= 0.6 is 8.15 Å². The molecule has 0 saturated heterocycles. The van der Waals surface area contributed by atoms with E-state index in [1.165, 1.54) is 29.3 Å². The molecule has 0 radical (unpaired) electrons. The van der Waals surface area contributed by atoms with Crippen LogP contribution in [0.1, 0.15) is 40.5 Å². The second-order valence-corrected chi connectivity index (χ2v) is 7.38. The van der Waals surface area contributed by atoms with Crippen molar-refractivity contribution in [1.29, 1.82) is 0 Å². The number of rotatable bonds is 4. The zero-order chi connectivity index (χ0) is 15.9. The minimum Gasteiger partial charge on any atom is -0.469 e. The highest BCUT2D eigenvalue weighted by molar-refractivity contribution is 7.61. The monoisotopic (exact) mass is 314 g/mol. The standard InChI is InChI=1S/C18H21OP.C2H6/c1-3-14(2)12-13-20-18-11-7-5-9-16(18)15-8-4-6-10-17(15)19-20;1-2/h4-11,14H,3,12-13H2,1-2H3;1-2H3. The van der Waals surface area contributed by atoms with Crippen molar-refractivity contribution < 1.29 is 4.52 Å². The molecule has 2 aromatic rings. The summed E-state index contributed by atoms with van der Waals surface area (Å²) in [5.41, 5.74) is 2.61. The summed E-state index contributed by atoms with van der Waals surface area (Å²) in [4.78, 5) is 0. The van der Waals surface area contributed by atoms with Gasteiger partial charge in [-0.1, -0.05) is 76.6 Å². The molecule has 0 saturated carbocycles. The first-order valence-corrected chi connectivity index (χ1v) is 9.88. The lowest BCUT2D eigenvalue weighted by molar-refractivity contribution is 0.536. The van der Waals surface area contributed by atoms with Gasteiger partial charge in [0.05, 0.1) is 0 Å². The summed E-state index contributed by atoms with van der Waals surface area (Å²) in [6.07, 6.45) is 3.66. The van der Waals surface area contributed by atoms with Gasteiger partial charge in [0.1, 0.15) is 13.9 Å². The lowest BCUT2D eigenvalue weighted by Gasteiger charge is -2.28. The van der Waals surface area contributed by atoms with E-state index in [1.54, 1.807) is 0 Å². The third-order valence-electron chi connectivity index (χ3n) is 4.08. The fourth-order valence-corrected chi connectivity index (χ4v) is 4.78. The molecule has 1 aliphatic rings. The predicted molar refractivity (Wildman–Crippen MR) is 99.3 cm³/mol. The van der Waals surface area contributed by atoms with Crippen LogP contribution < -0.4 is 9.83 Å². The second kappa shape index (κ2) is 8.34. The molecule has 0 bridgehead atoms. The van der Waals surface area contributed by atoms with E-state index in [0.29, 0.717) is 0 Å². The van der Waals surface area contributed by atoms with Crippen LogP contribution in [0.5, 0.6) is 5.75 Å². The van der Waals surface area contributed by atoms with Gasteiger partial charge < -0.3 is 4.52 Å². The number of hydrogen-bond acceptors (Lipinski definition) is 1. The van der Waals surface area contributed by atoms with E-state index in [9.17, 15) is 0 Å². The summed E-state index contributed by atoms with van der Waals surface area (Å²) in [6, 6.07) is 17.2. The number of fused-ring (bicyclic) bond motifs is 3. The molecule has 3 rings (SSSR count). The molecule has 1 aliphatic heterocycles. The Hall–Kier alpha value is -1.33. The van der Waals surface area contributed by atoms with Crippen molar-refractivity contribution in [3.05, 3.63) is 48.5 Å². The molecule has 0 aromatic heterocycles. The predicted octanol–water partition coefficient (Wildman–Crippen LogP) is 6.23. The second-order valence-electron chi connectivity index (χ2n) is 5.51. The van der Waals surface area contributed by atoms with Crippen LogP contribution in [0.2, 0.25) is 0 Å². The minimum absolute atomic E-state index is 0.512. The van der Waals surface area contributed by atoms with Gasteiger partial charge in [-0.2, -0.15) is 0 Å². The van der Waals surface area contributed by atoms with Gasteiger partial charge in [-0.05, 0) is 24.0 Å². The van der Waals surface area contributed by atoms with E-state index >= 15 is 0 Å². The van der Waals surface area contributed by atoms with Crippen LogP contribution in [-0.2, 0) is 0 Å². The summed E-state index contributed by atoms with van der Waals surface area (Å²) < 4.78 is 6.32. The molecule has 2 aromatic carbocycles. The third kappa shape index (κ3) is 3.70. The van der Waals surface area contributed by atoms with E-state index in [4.69, 9.17) is 4.52 Å². The maximum atomic E-state index is 6.32. The molecule has 1 nitrogen and oxygen atoms in total. The van der Waals surface area contributed by atoms with Gasteiger partial charge in [0.15, 0.2) is 0 Å². The minimum atomic E-state index is -0.512. The Labute approximate surface area is 136 Å². The Balaban J connectivity index is 0.000000847. The van der Waals surface area contributed by atoms with Crippen molar-refractivity contribution in [3.8, 4) is 16.9 Å². The molecule has 0 amide bonds. The Kier molecular flexibility index (Phi) is 6.46. The molecule has 2 atom stereocenters. The average molecular weight is 314 g/mol. The Morgan fingerprint density at radius 1 is 0.955 bits per heavy atom. The fraction of sp³-hybridized carbons (Fsp3) is 0.400. The van der Waals surface area contributed by atoms with Crippen LogP contribution in [-0.4, -0.2) is 6.16 Å². The van der Waals surface area contributed by atoms with Gasteiger partial charge in [-0.15, -0.1) is 0 Å². The first-order valence-electron chi connectivity index (χ1n) is 8.43. The van der Waals surface area contributed by atoms with Crippen LogP contribution in [0.4, 0.5) is 0 Å². The number of hydrogen-bond donors (Lipinski definition) is 0. The lowest BCUT2D eigenvalue weighted by atomic mass is 10.0. The molecule has 0 N–H and O–H groups in total. The topological polar surface area (TPSA) is 9.23 Å². The SMILES string of the molecule is CC.CCC(C)CCP1Oc2ccccc2-c2ccccc21. The van der Waals surface area contributed by atoms with Crippen LogP contribution in [0, 0.1) is 5.92 Å². The lowest BCUT2D eigenvalue weighted by Crippen LogP contribution is -2.16. The molecular formula is C20H27OP. The molecule has 0 aliphatic carbocycles. The van der Waals surface area contributed by atoms with E-state index < -0.39 is 8.15 Å². The maximum Gasteiger partial charge on any atom is 0.131 e. The first kappa shape index (κ1) is 17.0. The summed E-state index contributed by atoms with van der Waals surface area (Å²) in [5, 5.41) is 1.41. The van der Waals surface area contributed by atoms with Gasteiger partial charge >= 0.3 is 0 Å². The van der Waals surface area contributed by atoms with Crippen molar-refractivity contribution in [2.45, 2.75) is 40.5 Å². The van der Waals surface area contributed by atoms with Crippen molar-refractivity contribution in [3.63, 3.8) is 0 Å². The quantitative estimate of drug-likeness (QED) is 0.608. The van der Waals surface area contributed by atoms with Gasteiger partial charge in [0.25, 0.3) is 0 Å². The molecule has 2 unspecified atom stereocenters. The third-order valence-corrected chi connectivity index (χ3v) is 6.09. The van der Waals surface area contributed by atoms with Gasteiger partial charge in [-0.3, -0.25) is 0 Å². The normalized spacial score (nSPS) is 16.5. The first-order chi connectivity index (χ1) is 10.8. The van der Waals surface area contributed by atoms with E-state index in [-0.39, 0.29) is 0 Å². The molecule has 2 heteroatoms. The molecule has 1 heterocycles. The largest absolute Gasteiger partial charge is 0.469 e. The highest BCUT2D eigenvalue weighted by Crippen LogP contribution is 2.49. The van der Waals surface area contributed by atoms with E-state index in [1.807, 2.05) is 13.8 Å². The zero-order valence-corrected chi connectivity index (χ0v) is 15.1. The summed E-state index contributed by atoms with van der Waals surface area (Å²) in [6.45, 7) is 8.60. The molecular weight excluding hydrogens is 287 g/mol. The Morgan fingerprint density at radius 2 is 1.59 bits per heavy atom. The molecule has 22 heavy (non-hydrogen) atoms. The van der Waals surface area contributed by atoms with E-state index in [2.05, 4.69) is 62.4 Å². The van der Waals surface area contributed by atoms with E-state index in [0.717, 1.165) is 17.8 Å². The van der Waals surface area contributed by atoms with Crippen LogP contribution in [0.3, 0.4) is 0 Å². The molecule has 118 valence electrons. The molecule has 0 fully saturated rings. The summed E-state index contributed by atoms with van der Waals surface area (Å²) in [5.74, 6) is 1.84. The highest BCUT2D eigenvalue weighted by atomic mass is 31.1. The smallest absolute Gasteiger partial charge is 0.131 e. The maximum absolute atomic E-state index is 6.32. The van der Waals surface area contributed by atoms with Gasteiger partial charge in [0.2, 0.25) is 0 Å². The average Bonchev–Trinajstić information content (AvgIpc) is 2.61. The summed E-state index contributed by atoms with van der Waals surface area (Å²) in [7, 11) is -0.512. The zero-order valence-electron chi connectivity index (χ0n) is 14.2. The van der Waals surface area contributed by atoms with Gasteiger partial charge in [0, 0.05) is 17.0 Å². The van der Waals surface area contributed by atoms with Crippen molar-refractivity contribution >= 4 is 13.5 Å². The number of benzene rings is 2. The Bertz CT molecular complexity index is 594.